The number of ether oxygens (including phenoxy) is 1. The van der Waals surface area contributed by atoms with Gasteiger partial charge < -0.3 is 10.1 Å². The van der Waals surface area contributed by atoms with Crippen LogP contribution in [0.25, 0.3) is 21.9 Å². The van der Waals surface area contributed by atoms with E-state index in [9.17, 15) is 9.59 Å². The van der Waals surface area contributed by atoms with E-state index in [0.717, 1.165) is 70.1 Å². The highest BCUT2D eigenvalue weighted by Crippen LogP contribution is 2.39. The highest BCUT2D eigenvalue weighted by atomic mass is 35.5. The van der Waals surface area contributed by atoms with Crippen molar-refractivity contribution in [1.29, 1.82) is 0 Å². The van der Waals surface area contributed by atoms with Crippen molar-refractivity contribution in [1.82, 2.24) is 15.2 Å². The number of fused-ring (bicyclic) bond motifs is 1. The summed E-state index contributed by atoms with van der Waals surface area (Å²) in [5.74, 6) is 0.856. The molecule has 1 atom stereocenters. The van der Waals surface area contributed by atoms with E-state index in [0.29, 0.717) is 22.3 Å². The van der Waals surface area contributed by atoms with E-state index in [1.807, 2.05) is 18.5 Å². The summed E-state index contributed by atoms with van der Waals surface area (Å²) in [6.45, 7) is 4.01. The first kappa shape index (κ1) is 26.3. The van der Waals surface area contributed by atoms with Gasteiger partial charge in [-0.3, -0.25) is 14.6 Å². The van der Waals surface area contributed by atoms with Gasteiger partial charge in [0, 0.05) is 49.6 Å². The van der Waals surface area contributed by atoms with Crippen LogP contribution in [0.2, 0.25) is 5.02 Å². The molecule has 1 N–H and O–H groups in total. The van der Waals surface area contributed by atoms with Crippen LogP contribution in [0.4, 0.5) is 5.82 Å². The molecule has 1 saturated carbocycles. The fourth-order valence-electron chi connectivity index (χ4n) is 5.24. The topological polar surface area (TPSA) is 94.1 Å². The van der Waals surface area contributed by atoms with Gasteiger partial charge in [0.1, 0.15) is 0 Å². The third-order valence-corrected chi connectivity index (χ3v) is 8.84. The van der Waals surface area contributed by atoms with Crippen molar-refractivity contribution < 1.29 is 14.3 Å². The number of carbonyl (C=O) groups excluding carboxylic acids is 2. The number of nitrogens with one attached hydrogen (secondary N) is 1. The summed E-state index contributed by atoms with van der Waals surface area (Å²) in [6, 6.07) is 9.48. The number of carbonyl (C=O) groups is 2. The number of esters is 1. The SMILES string of the molecule is COC(=O)C1CCC(c2cc3c(N[C@H](C)c4cc(-c5c(Cl)cccc5C=O)cs4)nnc(C)c3cn2)CC1. The molecule has 0 saturated heterocycles. The number of halogens is 1. The maximum absolute atomic E-state index is 11.9. The zero-order valence-electron chi connectivity index (χ0n) is 21.5. The summed E-state index contributed by atoms with van der Waals surface area (Å²) in [6.07, 6.45) is 6.14. The lowest BCUT2D eigenvalue weighted by molar-refractivity contribution is -0.146. The van der Waals surface area contributed by atoms with Crippen LogP contribution in [0.15, 0.2) is 41.9 Å². The molecule has 7 nitrogen and oxygen atoms in total. The molecular formula is C29H29ClN4O3S. The Bertz CT molecular complexity index is 1500. The minimum atomic E-state index is -0.116. The molecule has 1 aliphatic carbocycles. The van der Waals surface area contributed by atoms with Gasteiger partial charge in [-0.05, 0) is 68.7 Å². The van der Waals surface area contributed by atoms with Gasteiger partial charge in [0.25, 0.3) is 0 Å². The molecular weight excluding hydrogens is 520 g/mol. The molecule has 3 aromatic heterocycles. The number of anilines is 1. The lowest BCUT2D eigenvalue weighted by atomic mass is 9.80. The van der Waals surface area contributed by atoms with Crippen LogP contribution in [0, 0.1) is 12.8 Å². The fourth-order valence-corrected chi connectivity index (χ4v) is 6.44. The van der Waals surface area contributed by atoms with Gasteiger partial charge in [-0.1, -0.05) is 23.7 Å². The number of hydrogen-bond donors (Lipinski definition) is 1. The van der Waals surface area contributed by atoms with Gasteiger partial charge >= 0.3 is 5.97 Å². The van der Waals surface area contributed by atoms with Gasteiger partial charge in [0.2, 0.25) is 0 Å². The molecule has 1 fully saturated rings. The number of thiophene rings is 1. The summed E-state index contributed by atoms with van der Waals surface area (Å²) < 4.78 is 4.94. The molecule has 1 aromatic carbocycles. The van der Waals surface area contributed by atoms with Gasteiger partial charge in [0.05, 0.1) is 24.8 Å². The van der Waals surface area contributed by atoms with Crippen LogP contribution >= 0.6 is 22.9 Å². The standard InChI is InChI=1S/C29H29ClN4O3S/c1-16-23-13-31-25(18-7-9-19(10-8-18)29(36)37-3)12-22(23)28(34-33-16)32-17(2)26-11-21(15-38-26)27-20(14-35)5-4-6-24(27)30/h4-6,11-15,17-19H,7-10H2,1-3H3,(H,32,34)/t17-,18?,19?/m1/s1. The molecule has 0 unspecified atom stereocenters. The van der Waals surface area contributed by atoms with E-state index in [-0.39, 0.29) is 17.9 Å². The molecule has 0 spiro atoms. The Kier molecular flexibility index (Phi) is 7.72. The summed E-state index contributed by atoms with van der Waals surface area (Å²) in [4.78, 5) is 29.4. The summed E-state index contributed by atoms with van der Waals surface area (Å²) in [7, 11) is 1.45. The average molecular weight is 549 g/mol. The number of hydrogen-bond acceptors (Lipinski definition) is 8. The zero-order chi connectivity index (χ0) is 26.8. The minimum absolute atomic E-state index is 0.0213. The Balaban J connectivity index is 1.40. The second-order valence-corrected chi connectivity index (χ2v) is 11.1. The maximum atomic E-state index is 11.9. The van der Waals surface area contributed by atoms with Crippen LogP contribution in [0.5, 0.6) is 0 Å². The fraction of sp³-hybridized carbons (Fsp3) is 0.345. The first-order chi connectivity index (χ1) is 18.4. The van der Waals surface area contributed by atoms with Gasteiger partial charge in [-0.15, -0.1) is 16.4 Å². The number of aromatic nitrogens is 3. The summed E-state index contributed by atoms with van der Waals surface area (Å²) in [5, 5.41) is 16.9. The Morgan fingerprint density at radius 1 is 1.18 bits per heavy atom. The van der Waals surface area contributed by atoms with Gasteiger partial charge in [0.15, 0.2) is 12.1 Å². The van der Waals surface area contributed by atoms with Crippen molar-refractivity contribution in [3.8, 4) is 11.1 Å². The Hall–Kier alpha value is -3.36. The van der Waals surface area contributed by atoms with Crippen LogP contribution < -0.4 is 5.32 Å². The number of methoxy groups -OCH3 is 1. The lowest BCUT2D eigenvalue weighted by Crippen LogP contribution is -2.22. The van der Waals surface area contributed by atoms with E-state index >= 15 is 0 Å². The van der Waals surface area contributed by atoms with Crippen molar-refractivity contribution in [2.75, 3.05) is 12.4 Å². The van der Waals surface area contributed by atoms with Gasteiger partial charge in [-0.2, -0.15) is 5.10 Å². The molecule has 3 heterocycles. The number of aldehydes is 1. The molecule has 196 valence electrons. The second kappa shape index (κ2) is 11.2. The molecule has 0 aliphatic heterocycles. The quantitative estimate of drug-likeness (QED) is 0.193. The molecule has 5 rings (SSSR count). The van der Waals surface area contributed by atoms with Crippen molar-refractivity contribution in [3.63, 3.8) is 0 Å². The third-order valence-electron chi connectivity index (χ3n) is 7.41. The van der Waals surface area contributed by atoms with Crippen LogP contribution in [-0.2, 0) is 9.53 Å². The van der Waals surface area contributed by atoms with Crippen molar-refractivity contribution in [2.45, 2.75) is 51.5 Å². The van der Waals surface area contributed by atoms with Gasteiger partial charge in [-0.25, -0.2) is 0 Å². The third kappa shape index (κ3) is 5.15. The largest absolute Gasteiger partial charge is 0.469 e. The highest BCUT2D eigenvalue weighted by Gasteiger charge is 2.28. The Labute approximate surface area is 230 Å². The highest BCUT2D eigenvalue weighted by molar-refractivity contribution is 7.10. The molecule has 1 aliphatic rings. The van der Waals surface area contributed by atoms with E-state index < -0.39 is 0 Å². The molecule has 0 bridgehead atoms. The van der Waals surface area contributed by atoms with E-state index in [2.05, 4.69) is 34.6 Å². The first-order valence-electron chi connectivity index (χ1n) is 12.7. The molecule has 9 heteroatoms. The van der Waals surface area contributed by atoms with Crippen LogP contribution in [-0.4, -0.2) is 34.5 Å². The average Bonchev–Trinajstić information content (AvgIpc) is 3.44. The van der Waals surface area contributed by atoms with E-state index in [1.54, 1.807) is 29.5 Å². The number of benzene rings is 1. The summed E-state index contributed by atoms with van der Waals surface area (Å²) in [5.41, 5.74) is 4.07. The Morgan fingerprint density at radius 3 is 2.71 bits per heavy atom. The first-order valence-corrected chi connectivity index (χ1v) is 13.9. The van der Waals surface area contributed by atoms with Crippen molar-refractivity contribution in [2.24, 2.45) is 5.92 Å². The monoisotopic (exact) mass is 548 g/mol. The predicted octanol–water partition coefficient (Wildman–Crippen LogP) is 7.15. The predicted molar refractivity (Wildman–Crippen MR) is 151 cm³/mol. The number of nitrogens with zero attached hydrogens (tertiary/aromatic N) is 3. The second-order valence-electron chi connectivity index (χ2n) is 9.79. The smallest absolute Gasteiger partial charge is 0.308 e. The lowest BCUT2D eigenvalue weighted by Gasteiger charge is -2.26. The number of rotatable bonds is 7. The van der Waals surface area contributed by atoms with E-state index in [1.165, 1.54) is 7.11 Å². The molecule has 38 heavy (non-hydrogen) atoms. The minimum Gasteiger partial charge on any atom is -0.469 e. The van der Waals surface area contributed by atoms with Crippen molar-refractivity contribution >= 4 is 51.8 Å². The van der Waals surface area contributed by atoms with Crippen LogP contribution in [0.1, 0.15) is 71.2 Å². The maximum Gasteiger partial charge on any atom is 0.308 e. The molecule has 4 aromatic rings. The zero-order valence-corrected chi connectivity index (χ0v) is 23.1. The number of aryl methyl sites for hydroxylation is 1. The number of pyridine rings is 1. The van der Waals surface area contributed by atoms with Crippen LogP contribution in [0.3, 0.4) is 0 Å². The summed E-state index contributed by atoms with van der Waals surface area (Å²) >= 11 is 8.04. The molecule has 0 amide bonds. The molecule has 0 radical (unpaired) electrons. The van der Waals surface area contributed by atoms with Crippen molar-refractivity contribution in [3.05, 3.63) is 68.8 Å². The van der Waals surface area contributed by atoms with E-state index in [4.69, 9.17) is 21.3 Å². The normalized spacial score (nSPS) is 18.2. The Morgan fingerprint density at radius 2 is 1.97 bits per heavy atom.